The van der Waals surface area contributed by atoms with Gasteiger partial charge in [0.2, 0.25) is 0 Å². The molecule has 0 aromatic heterocycles. The number of aryl methyl sites for hydroxylation is 1. The Morgan fingerprint density at radius 3 is 2.82 bits per heavy atom. The molecule has 0 aliphatic carbocycles. The summed E-state index contributed by atoms with van der Waals surface area (Å²) in [5, 5.41) is 9.45. The van der Waals surface area contributed by atoms with Crippen molar-refractivity contribution in [2.45, 2.75) is 6.42 Å². The number of halogens is 1. The van der Waals surface area contributed by atoms with E-state index in [9.17, 15) is 5.11 Å². The predicted molar refractivity (Wildman–Crippen MR) is 53.4 cm³/mol. The molecule has 1 N–H and O–H groups in total. The van der Waals surface area contributed by atoms with Crippen LogP contribution in [0.3, 0.4) is 0 Å². The fraction of sp³-hybridized carbons (Fsp3) is 0.250. The van der Waals surface area contributed by atoms with Gasteiger partial charge in [0.05, 0.1) is 4.47 Å². The van der Waals surface area contributed by atoms with Crippen molar-refractivity contribution in [2.75, 3.05) is 5.75 Å². The highest BCUT2D eigenvalue weighted by atomic mass is 79.9. The lowest BCUT2D eigenvalue weighted by Crippen LogP contribution is -1.86. The lowest BCUT2D eigenvalue weighted by atomic mass is 10.1. The van der Waals surface area contributed by atoms with Gasteiger partial charge in [-0.25, -0.2) is 0 Å². The van der Waals surface area contributed by atoms with Gasteiger partial charge in [0.1, 0.15) is 5.75 Å². The maximum absolute atomic E-state index is 9.45. The van der Waals surface area contributed by atoms with Gasteiger partial charge < -0.3 is 5.11 Å². The Kier molecular flexibility index (Phi) is 3.27. The summed E-state index contributed by atoms with van der Waals surface area (Å²) in [5.74, 6) is 1.09. The number of thiol groups is 1. The van der Waals surface area contributed by atoms with E-state index in [1.165, 1.54) is 0 Å². The molecule has 0 unspecified atom stereocenters. The summed E-state index contributed by atoms with van der Waals surface area (Å²) in [6.07, 6.45) is 0.800. The van der Waals surface area contributed by atoms with Crippen molar-refractivity contribution in [2.24, 2.45) is 0 Å². The fourth-order valence-corrected chi connectivity index (χ4v) is 1.53. The van der Waals surface area contributed by atoms with E-state index in [2.05, 4.69) is 28.6 Å². The summed E-state index contributed by atoms with van der Waals surface area (Å²) in [7, 11) is 0. The van der Waals surface area contributed by atoms with E-state index in [4.69, 9.17) is 0 Å². The van der Waals surface area contributed by atoms with Gasteiger partial charge in [-0.15, -0.1) is 0 Å². The number of rotatable bonds is 2. The van der Waals surface area contributed by atoms with Gasteiger partial charge in [-0.05, 0) is 39.7 Å². The first-order valence-electron chi connectivity index (χ1n) is 3.33. The normalized spacial score (nSPS) is 10.0. The Hall–Kier alpha value is -0.150. The van der Waals surface area contributed by atoms with Crippen molar-refractivity contribution in [3.05, 3.63) is 28.2 Å². The molecule has 0 atom stereocenters. The molecule has 60 valence electrons. The van der Waals surface area contributed by atoms with Crippen LogP contribution in [0.5, 0.6) is 5.75 Å². The van der Waals surface area contributed by atoms with Gasteiger partial charge in [0, 0.05) is 0 Å². The zero-order valence-corrected chi connectivity index (χ0v) is 8.40. The number of hydrogen-bond donors (Lipinski definition) is 2. The molecule has 0 bridgehead atoms. The molecule has 0 saturated carbocycles. The van der Waals surface area contributed by atoms with Crippen molar-refractivity contribution in [1.29, 1.82) is 0 Å². The summed E-state index contributed by atoms with van der Waals surface area (Å²) in [6, 6.07) is 5.62. The molecule has 1 aromatic carbocycles. The predicted octanol–water partition coefficient (Wildman–Crippen LogP) is 2.63. The summed E-state index contributed by atoms with van der Waals surface area (Å²) >= 11 is 7.33. The van der Waals surface area contributed by atoms with Gasteiger partial charge in [0.15, 0.2) is 0 Å². The third-order valence-electron chi connectivity index (χ3n) is 1.45. The average molecular weight is 233 g/mol. The van der Waals surface area contributed by atoms with Crippen LogP contribution in [0.4, 0.5) is 0 Å². The molecule has 1 nitrogen and oxygen atoms in total. The number of phenols is 1. The van der Waals surface area contributed by atoms with Gasteiger partial charge in [-0.2, -0.15) is 12.6 Å². The highest BCUT2D eigenvalue weighted by molar-refractivity contribution is 9.10. The Labute approximate surface area is 80.0 Å². The molecule has 3 heteroatoms. The highest BCUT2D eigenvalue weighted by Gasteiger charge is 2.02. The van der Waals surface area contributed by atoms with Gasteiger partial charge in [-0.1, -0.05) is 12.1 Å². The van der Waals surface area contributed by atoms with Crippen LogP contribution < -0.4 is 0 Å². The van der Waals surface area contributed by atoms with Crippen molar-refractivity contribution < 1.29 is 5.11 Å². The minimum atomic E-state index is 0.335. The minimum absolute atomic E-state index is 0.335. The largest absolute Gasteiger partial charge is 0.506 e. The van der Waals surface area contributed by atoms with Gasteiger partial charge >= 0.3 is 0 Å². The van der Waals surface area contributed by atoms with Crippen molar-refractivity contribution in [3.63, 3.8) is 0 Å². The van der Waals surface area contributed by atoms with E-state index in [0.29, 0.717) is 5.75 Å². The third-order valence-corrected chi connectivity index (χ3v) is 2.31. The molecular weight excluding hydrogens is 224 g/mol. The standard InChI is InChI=1S/C8H9BrOS/c9-7-3-1-2-6(4-5-11)8(7)10/h1-3,10-11H,4-5H2. The Bertz CT molecular complexity index is 250. The second-order valence-electron chi connectivity index (χ2n) is 2.22. The van der Waals surface area contributed by atoms with Crippen LogP contribution in [0.15, 0.2) is 22.7 Å². The third kappa shape index (κ3) is 2.14. The van der Waals surface area contributed by atoms with Crippen LogP contribution in [0.25, 0.3) is 0 Å². The summed E-state index contributed by atoms with van der Waals surface area (Å²) in [6.45, 7) is 0. The van der Waals surface area contributed by atoms with E-state index in [1.54, 1.807) is 0 Å². The first kappa shape index (κ1) is 8.94. The maximum Gasteiger partial charge on any atom is 0.132 e. The molecule has 1 rings (SSSR count). The van der Waals surface area contributed by atoms with Crippen molar-refractivity contribution in [3.8, 4) is 5.75 Å². The average Bonchev–Trinajstić information content (AvgIpc) is 1.99. The van der Waals surface area contributed by atoms with E-state index in [0.717, 1.165) is 22.2 Å². The molecule has 0 heterocycles. The van der Waals surface area contributed by atoms with E-state index in [-0.39, 0.29) is 0 Å². The second kappa shape index (κ2) is 4.02. The Balaban J connectivity index is 2.96. The molecule has 0 fully saturated rings. The summed E-state index contributed by atoms with van der Waals surface area (Å²) in [5.41, 5.74) is 0.939. The monoisotopic (exact) mass is 232 g/mol. The number of aromatic hydroxyl groups is 1. The fourth-order valence-electron chi connectivity index (χ4n) is 0.882. The summed E-state index contributed by atoms with van der Waals surface area (Å²) < 4.78 is 0.747. The first-order valence-corrected chi connectivity index (χ1v) is 4.75. The number of hydrogen-bond acceptors (Lipinski definition) is 2. The molecule has 0 radical (unpaired) electrons. The molecule has 0 amide bonds. The van der Waals surface area contributed by atoms with Crippen LogP contribution in [-0.2, 0) is 6.42 Å². The van der Waals surface area contributed by atoms with Gasteiger partial charge in [0.25, 0.3) is 0 Å². The molecule has 0 aliphatic heterocycles. The number of benzene rings is 1. The molecular formula is C8H9BrOS. The van der Waals surface area contributed by atoms with Crippen molar-refractivity contribution >= 4 is 28.6 Å². The van der Waals surface area contributed by atoms with Crippen LogP contribution in [0.2, 0.25) is 0 Å². The van der Waals surface area contributed by atoms with Crippen LogP contribution in [0.1, 0.15) is 5.56 Å². The molecule has 11 heavy (non-hydrogen) atoms. The molecule has 0 spiro atoms. The van der Waals surface area contributed by atoms with Crippen LogP contribution >= 0.6 is 28.6 Å². The van der Waals surface area contributed by atoms with E-state index < -0.39 is 0 Å². The molecule has 1 aromatic rings. The maximum atomic E-state index is 9.45. The van der Waals surface area contributed by atoms with Crippen molar-refractivity contribution in [1.82, 2.24) is 0 Å². The van der Waals surface area contributed by atoms with Crippen LogP contribution in [0, 0.1) is 0 Å². The lowest BCUT2D eigenvalue weighted by Gasteiger charge is -2.02. The van der Waals surface area contributed by atoms with Crippen LogP contribution in [-0.4, -0.2) is 10.9 Å². The van der Waals surface area contributed by atoms with Gasteiger partial charge in [-0.3, -0.25) is 0 Å². The smallest absolute Gasteiger partial charge is 0.132 e. The second-order valence-corrected chi connectivity index (χ2v) is 3.52. The Morgan fingerprint density at radius 2 is 2.18 bits per heavy atom. The number of para-hydroxylation sites is 1. The highest BCUT2D eigenvalue weighted by Crippen LogP contribution is 2.27. The minimum Gasteiger partial charge on any atom is -0.506 e. The summed E-state index contributed by atoms with van der Waals surface area (Å²) in [4.78, 5) is 0. The number of phenolic OH excluding ortho intramolecular Hbond substituents is 1. The topological polar surface area (TPSA) is 20.2 Å². The SMILES string of the molecule is Oc1c(Br)cccc1CCS. The lowest BCUT2D eigenvalue weighted by molar-refractivity contribution is 0.465. The zero-order chi connectivity index (χ0) is 8.27. The first-order chi connectivity index (χ1) is 5.25. The van der Waals surface area contributed by atoms with E-state index >= 15 is 0 Å². The zero-order valence-electron chi connectivity index (χ0n) is 5.92. The molecule has 0 saturated heterocycles. The quantitative estimate of drug-likeness (QED) is 0.752. The molecule has 0 aliphatic rings. The Morgan fingerprint density at radius 1 is 1.45 bits per heavy atom. The van der Waals surface area contributed by atoms with E-state index in [1.807, 2.05) is 18.2 Å².